The lowest BCUT2D eigenvalue weighted by Crippen LogP contribution is -2.30. The van der Waals surface area contributed by atoms with Crippen LogP contribution in [0.1, 0.15) is 23.7 Å². The van der Waals surface area contributed by atoms with Crippen molar-refractivity contribution in [1.82, 2.24) is 10.6 Å². The normalized spacial score (nSPS) is 9.84. The standard InChI is InChI=1S/C13H18ClN3O2/c1-3-6-16-12(18)8-17-9-4-5-10(11(14)7-9)13(19)15-2/h4-5,7,17H,3,6,8H2,1-2H3,(H,15,19)(H,16,18). The van der Waals surface area contributed by atoms with Crippen LogP contribution in [0.5, 0.6) is 0 Å². The number of carbonyl (C=O) groups is 2. The molecule has 104 valence electrons. The van der Waals surface area contributed by atoms with Crippen LogP contribution in [-0.2, 0) is 4.79 Å². The molecule has 0 radical (unpaired) electrons. The highest BCUT2D eigenvalue weighted by Gasteiger charge is 2.09. The summed E-state index contributed by atoms with van der Waals surface area (Å²) in [6.45, 7) is 2.83. The van der Waals surface area contributed by atoms with Crippen LogP contribution in [0.2, 0.25) is 5.02 Å². The molecule has 3 N–H and O–H groups in total. The SMILES string of the molecule is CCCNC(=O)CNc1ccc(C(=O)NC)c(Cl)c1. The maximum atomic E-state index is 11.4. The summed E-state index contributed by atoms with van der Waals surface area (Å²) >= 11 is 6.00. The van der Waals surface area contributed by atoms with Crippen molar-refractivity contribution in [3.05, 3.63) is 28.8 Å². The smallest absolute Gasteiger partial charge is 0.252 e. The zero-order valence-corrected chi connectivity index (χ0v) is 11.8. The van der Waals surface area contributed by atoms with Gasteiger partial charge in [0.15, 0.2) is 0 Å². The van der Waals surface area contributed by atoms with Crippen LogP contribution < -0.4 is 16.0 Å². The fraction of sp³-hybridized carbons (Fsp3) is 0.385. The van der Waals surface area contributed by atoms with Crippen LogP contribution in [0, 0.1) is 0 Å². The van der Waals surface area contributed by atoms with E-state index in [1.165, 1.54) is 0 Å². The Kier molecular flexibility index (Phi) is 6.15. The Morgan fingerprint density at radius 3 is 2.63 bits per heavy atom. The molecule has 1 aromatic carbocycles. The van der Waals surface area contributed by atoms with Crippen molar-refractivity contribution >= 4 is 29.1 Å². The summed E-state index contributed by atoms with van der Waals surface area (Å²) in [5, 5.41) is 8.56. The Morgan fingerprint density at radius 1 is 1.32 bits per heavy atom. The summed E-state index contributed by atoms with van der Waals surface area (Å²) in [4.78, 5) is 22.9. The fourth-order valence-electron chi connectivity index (χ4n) is 1.45. The number of hydrogen-bond donors (Lipinski definition) is 3. The van der Waals surface area contributed by atoms with E-state index in [1.54, 1.807) is 25.2 Å². The van der Waals surface area contributed by atoms with Gasteiger partial charge in [0, 0.05) is 19.3 Å². The average Bonchev–Trinajstić information content (AvgIpc) is 2.42. The van der Waals surface area contributed by atoms with E-state index in [0.717, 1.165) is 6.42 Å². The van der Waals surface area contributed by atoms with Gasteiger partial charge in [0.25, 0.3) is 5.91 Å². The lowest BCUT2D eigenvalue weighted by atomic mass is 10.2. The quantitative estimate of drug-likeness (QED) is 0.743. The van der Waals surface area contributed by atoms with Crippen LogP contribution >= 0.6 is 11.6 Å². The minimum Gasteiger partial charge on any atom is -0.376 e. The zero-order chi connectivity index (χ0) is 14.3. The number of benzene rings is 1. The predicted octanol–water partition coefficient (Wildman–Crippen LogP) is 1.64. The molecule has 19 heavy (non-hydrogen) atoms. The molecule has 0 saturated carbocycles. The van der Waals surface area contributed by atoms with Gasteiger partial charge in [0.05, 0.1) is 17.1 Å². The highest BCUT2D eigenvalue weighted by molar-refractivity contribution is 6.34. The molecule has 5 nitrogen and oxygen atoms in total. The monoisotopic (exact) mass is 283 g/mol. The molecule has 0 aliphatic heterocycles. The Labute approximate surface area is 117 Å². The lowest BCUT2D eigenvalue weighted by molar-refractivity contribution is -0.119. The predicted molar refractivity (Wildman–Crippen MR) is 76.6 cm³/mol. The van der Waals surface area contributed by atoms with Gasteiger partial charge in [0.2, 0.25) is 5.91 Å². The minimum atomic E-state index is -0.239. The van der Waals surface area contributed by atoms with E-state index in [2.05, 4.69) is 16.0 Å². The molecule has 0 saturated heterocycles. The highest BCUT2D eigenvalue weighted by Crippen LogP contribution is 2.20. The number of halogens is 1. The van der Waals surface area contributed by atoms with Gasteiger partial charge in [0.1, 0.15) is 0 Å². The molecule has 1 aromatic rings. The molecule has 0 aliphatic rings. The number of anilines is 1. The van der Waals surface area contributed by atoms with Crippen LogP contribution in [0.25, 0.3) is 0 Å². The number of rotatable bonds is 6. The lowest BCUT2D eigenvalue weighted by Gasteiger charge is -2.09. The molecule has 6 heteroatoms. The van der Waals surface area contributed by atoms with Crippen molar-refractivity contribution < 1.29 is 9.59 Å². The van der Waals surface area contributed by atoms with E-state index in [9.17, 15) is 9.59 Å². The second-order valence-electron chi connectivity index (χ2n) is 3.98. The Morgan fingerprint density at radius 2 is 2.05 bits per heavy atom. The van der Waals surface area contributed by atoms with Gasteiger partial charge in [-0.2, -0.15) is 0 Å². The summed E-state index contributed by atoms with van der Waals surface area (Å²) < 4.78 is 0. The fourth-order valence-corrected chi connectivity index (χ4v) is 1.72. The number of nitrogens with one attached hydrogen (secondary N) is 3. The number of hydrogen-bond acceptors (Lipinski definition) is 3. The third-order valence-corrected chi connectivity index (χ3v) is 2.78. The van der Waals surface area contributed by atoms with Gasteiger partial charge >= 0.3 is 0 Å². The molecule has 0 fully saturated rings. The summed E-state index contributed by atoms with van der Waals surface area (Å²) in [5.41, 5.74) is 1.11. The van der Waals surface area contributed by atoms with Gasteiger partial charge in [-0.15, -0.1) is 0 Å². The maximum absolute atomic E-state index is 11.4. The minimum absolute atomic E-state index is 0.0756. The second-order valence-corrected chi connectivity index (χ2v) is 4.38. The van der Waals surface area contributed by atoms with Gasteiger partial charge in [-0.05, 0) is 24.6 Å². The van der Waals surface area contributed by atoms with Crippen molar-refractivity contribution in [2.45, 2.75) is 13.3 Å². The molecule has 0 atom stereocenters. The first kappa shape index (κ1) is 15.3. The topological polar surface area (TPSA) is 70.2 Å². The highest BCUT2D eigenvalue weighted by atomic mass is 35.5. The van der Waals surface area contributed by atoms with Crippen LogP contribution in [0.3, 0.4) is 0 Å². The molecular weight excluding hydrogens is 266 g/mol. The summed E-state index contributed by atoms with van der Waals surface area (Å²) in [5.74, 6) is -0.314. The van der Waals surface area contributed by atoms with E-state index < -0.39 is 0 Å². The van der Waals surface area contributed by atoms with Crippen molar-refractivity contribution in [2.75, 3.05) is 25.5 Å². The van der Waals surface area contributed by atoms with Gasteiger partial charge in [-0.25, -0.2) is 0 Å². The van der Waals surface area contributed by atoms with Crippen LogP contribution in [0.4, 0.5) is 5.69 Å². The van der Waals surface area contributed by atoms with Gasteiger partial charge in [-0.3, -0.25) is 9.59 Å². The maximum Gasteiger partial charge on any atom is 0.252 e. The van der Waals surface area contributed by atoms with Gasteiger partial charge < -0.3 is 16.0 Å². The molecule has 1 rings (SSSR count). The largest absolute Gasteiger partial charge is 0.376 e. The second kappa shape index (κ2) is 7.63. The van der Waals surface area contributed by atoms with Crippen molar-refractivity contribution in [2.24, 2.45) is 0 Å². The molecule has 0 aliphatic carbocycles. The van der Waals surface area contributed by atoms with E-state index in [1.807, 2.05) is 6.92 Å². The first-order valence-electron chi connectivity index (χ1n) is 6.10. The Hall–Kier alpha value is -1.75. The van der Waals surface area contributed by atoms with Gasteiger partial charge in [-0.1, -0.05) is 18.5 Å². The van der Waals surface area contributed by atoms with E-state index >= 15 is 0 Å². The molecule has 0 aromatic heterocycles. The van der Waals surface area contributed by atoms with Crippen LogP contribution in [0.15, 0.2) is 18.2 Å². The summed E-state index contributed by atoms with van der Waals surface area (Å²) in [7, 11) is 1.54. The molecule has 0 spiro atoms. The third kappa shape index (κ3) is 4.79. The van der Waals surface area contributed by atoms with E-state index in [4.69, 9.17) is 11.6 Å². The summed E-state index contributed by atoms with van der Waals surface area (Å²) in [6, 6.07) is 4.95. The van der Waals surface area contributed by atoms with Crippen molar-refractivity contribution in [3.8, 4) is 0 Å². The van der Waals surface area contributed by atoms with E-state index in [-0.39, 0.29) is 18.4 Å². The first-order valence-corrected chi connectivity index (χ1v) is 6.48. The van der Waals surface area contributed by atoms with E-state index in [0.29, 0.717) is 22.8 Å². The molecule has 0 heterocycles. The number of amides is 2. The van der Waals surface area contributed by atoms with Crippen molar-refractivity contribution in [3.63, 3.8) is 0 Å². The molecule has 0 bridgehead atoms. The molecular formula is C13H18ClN3O2. The number of carbonyl (C=O) groups excluding carboxylic acids is 2. The first-order chi connectivity index (χ1) is 9.08. The molecule has 0 unspecified atom stereocenters. The van der Waals surface area contributed by atoms with Crippen LogP contribution in [-0.4, -0.2) is 32.0 Å². The average molecular weight is 284 g/mol. The summed E-state index contributed by atoms with van der Waals surface area (Å²) in [6.07, 6.45) is 0.901. The molecule has 2 amide bonds. The zero-order valence-electron chi connectivity index (χ0n) is 11.0. The third-order valence-electron chi connectivity index (χ3n) is 2.47. The Bertz CT molecular complexity index is 463. The van der Waals surface area contributed by atoms with Crippen molar-refractivity contribution in [1.29, 1.82) is 0 Å². The Balaban J connectivity index is 2.59.